The number of nitrogens with one attached hydrogen (secondary N) is 1. The van der Waals surface area contributed by atoms with Crippen LogP contribution in [-0.4, -0.2) is 39.0 Å². The van der Waals surface area contributed by atoms with Gasteiger partial charge in [0.15, 0.2) is 5.52 Å². The van der Waals surface area contributed by atoms with E-state index in [1.165, 1.54) is 36.6 Å². The van der Waals surface area contributed by atoms with Gasteiger partial charge in [-0.15, -0.1) is 0 Å². The maximum atomic E-state index is 12.7. The number of aryl methyl sites for hydroxylation is 1. The number of aliphatic hydroxyl groups excluding tert-OH is 1. The van der Waals surface area contributed by atoms with Crippen LogP contribution in [0.25, 0.3) is 11.0 Å². The molecule has 1 saturated heterocycles. The van der Waals surface area contributed by atoms with E-state index < -0.39 is 0 Å². The van der Waals surface area contributed by atoms with Gasteiger partial charge in [-0.25, -0.2) is 4.98 Å². The summed E-state index contributed by atoms with van der Waals surface area (Å²) in [6, 6.07) is 1.70. The Morgan fingerprint density at radius 3 is 2.45 bits per heavy atom. The van der Waals surface area contributed by atoms with Gasteiger partial charge in [-0.1, -0.05) is 51.4 Å². The zero-order chi connectivity index (χ0) is 23.5. The fourth-order valence-electron chi connectivity index (χ4n) is 4.85. The van der Waals surface area contributed by atoms with E-state index in [-0.39, 0.29) is 17.2 Å². The number of aliphatic hydroxyl groups is 1. The molecule has 1 aliphatic rings. The summed E-state index contributed by atoms with van der Waals surface area (Å²) in [7, 11) is 0. The fourth-order valence-corrected chi connectivity index (χ4v) is 4.85. The second-order valence-electron chi connectivity index (χ2n) is 9.66. The number of imidazole rings is 1. The Bertz CT molecular complexity index is 962. The number of nitrogens with zero attached hydrogens (tertiary/aromatic N) is 2. The van der Waals surface area contributed by atoms with Gasteiger partial charge in [0.05, 0.1) is 17.9 Å². The molecule has 0 spiro atoms. The normalized spacial score (nSPS) is 15.8. The standard InChI is InChI=1S/C26H41N3O4/c1-20-18-23-24(28-19-27-23)26(32)29(25(20)31)15-8-6-4-2-3-5-7-11-22(30)12-9-10-21-13-16-33-17-14-21/h18-19,21-22,30H,2-17H2,1H3,(H,27,28). The lowest BCUT2D eigenvalue weighted by Gasteiger charge is -2.22. The molecule has 2 N–H and O–H groups in total. The third-order valence-corrected chi connectivity index (χ3v) is 6.97. The average Bonchev–Trinajstić information content (AvgIpc) is 3.25. The number of H-pyrrole nitrogens is 1. The van der Waals surface area contributed by atoms with E-state index in [1.807, 2.05) is 0 Å². The van der Waals surface area contributed by atoms with E-state index in [4.69, 9.17) is 4.74 Å². The maximum Gasteiger partial charge on any atom is 0.281 e. The fraction of sp³-hybridized carbons (Fsp3) is 0.731. The van der Waals surface area contributed by atoms with Crippen molar-refractivity contribution in [3.05, 3.63) is 38.7 Å². The molecule has 1 unspecified atom stereocenters. The quantitative estimate of drug-likeness (QED) is 0.406. The molecule has 1 aliphatic heterocycles. The maximum absolute atomic E-state index is 12.7. The lowest BCUT2D eigenvalue weighted by atomic mass is 9.93. The lowest BCUT2D eigenvalue weighted by molar-refractivity contribution is 0.0611. The molecular weight excluding hydrogens is 418 g/mol. The summed E-state index contributed by atoms with van der Waals surface area (Å²) < 4.78 is 6.74. The number of aromatic nitrogens is 3. The Morgan fingerprint density at radius 1 is 1.03 bits per heavy atom. The second kappa shape index (κ2) is 13.7. The number of aromatic amines is 1. The Morgan fingerprint density at radius 2 is 1.70 bits per heavy atom. The van der Waals surface area contributed by atoms with Gasteiger partial charge in [0.25, 0.3) is 11.1 Å². The van der Waals surface area contributed by atoms with Crippen LogP contribution in [0.3, 0.4) is 0 Å². The van der Waals surface area contributed by atoms with Gasteiger partial charge < -0.3 is 14.8 Å². The van der Waals surface area contributed by atoms with Crippen molar-refractivity contribution < 1.29 is 9.84 Å². The first-order valence-electron chi connectivity index (χ1n) is 12.9. The number of hydrogen-bond donors (Lipinski definition) is 2. The van der Waals surface area contributed by atoms with Crippen molar-refractivity contribution in [2.75, 3.05) is 13.2 Å². The van der Waals surface area contributed by atoms with Crippen molar-refractivity contribution in [3.8, 4) is 0 Å². The number of fused-ring (bicyclic) bond motifs is 1. The predicted molar refractivity (Wildman–Crippen MR) is 132 cm³/mol. The minimum Gasteiger partial charge on any atom is -0.393 e. The highest BCUT2D eigenvalue weighted by Crippen LogP contribution is 2.22. The Labute approximate surface area is 196 Å². The third-order valence-electron chi connectivity index (χ3n) is 6.97. The summed E-state index contributed by atoms with van der Waals surface area (Å²) in [5.74, 6) is 0.796. The van der Waals surface area contributed by atoms with Gasteiger partial charge >= 0.3 is 0 Å². The first-order valence-corrected chi connectivity index (χ1v) is 12.9. The van der Waals surface area contributed by atoms with Crippen LogP contribution in [0.4, 0.5) is 0 Å². The van der Waals surface area contributed by atoms with Crippen LogP contribution in [0.15, 0.2) is 22.0 Å². The molecule has 3 rings (SSSR count). The minimum absolute atomic E-state index is 0.152. The van der Waals surface area contributed by atoms with Gasteiger partial charge in [0.2, 0.25) is 0 Å². The first-order chi connectivity index (χ1) is 16.1. The van der Waals surface area contributed by atoms with E-state index in [0.29, 0.717) is 23.1 Å². The molecule has 2 aromatic rings. The Hall–Kier alpha value is -1.99. The van der Waals surface area contributed by atoms with Gasteiger partial charge in [0, 0.05) is 25.3 Å². The Kier molecular flexibility index (Phi) is 10.6. The lowest BCUT2D eigenvalue weighted by Crippen LogP contribution is -2.31. The van der Waals surface area contributed by atoms with Crippen molar-refractivity contribution in [1.29, 1.82) is 0 Å². The summed E-state index contributed by atoms with van der Waals surface area (Å²) in [6.45, 7) is 3.99. The molecule has 3 heterocycles. The summed E-state index contributed by atoms with van der Waals surface area (Å²) >= 11 is 0. The molecule has 0 aromatic carbocycles. The van der Waals surface area contributed by atoms with Crippen LogP contribution in [0.5, 0.6) is 0 Å². The van der Waals surface area contributed by atoms with Crippen LogP contribution in [-0.2, 0) is 11.3 Å². The zero-order valence-corrected chi connectivity index (χ0v) is 20.2. The SMILES string of the molecule is Cc1cc2[nH]cnc2c(=O)n(CCCCCCCCCC(O)CCCC2CCOCC2)c1=O. The van der Waals surface area contributed by atoms with Crippen molar-refractivity contribution in [1.82, 2.24) is 14.5 Å². The number of unbranched alkanes of at least 4 members (excludes halogenated alkanes) is 6. The minimum atomic E-state index is -0.310. The summed E-state index contributed by atoms with van der Waals surface area (Å²) in [5.41, 5.74) is 0.953. The van der Waals surface area contributed by atoms with Crippen LogP contribution in [0.2, 0.25) is 0 Å². The van der Waals surface area contributed by atoms with Gasteiger partial charge in [-0.3, -0.25) is 14.2 Å². The molecule has 33 heavy (non-hydrogen) atoms. The molecular formula is C26H41N3O4. The highest BCUT2D eigenvalue weighted by atomic mass is 16.5. The highest BCUT2D eigenvalue weighted by molar-refractivity contribution is 5.72. The molecule has 1 fully saturated rings. The average molecular weight is 460 g/mol. The first kappa shape index (κ1) is 25.6. The molecule has 184 valence electrons. The van der Waals surface area contributed by atoms with E-state index in [1.54, 1.807) is 13.0 Å². The highest BCUT2D eigenvalue weighted by Gasteiger charge is 2.14. The van der Waals surface area contributed by atoms with Crippen molar-refractivity contribution in [3.63, 3.8) is 0 Å². The van der Waals surface area contributed by atoms with Crippen molar-refractivity contribution in [2.45, 2.75) is 103 Å². The van der Waals surface area contributed by atoms with Gasteiger partial charge in [-0.05, 0) is 51.0 Å². The van der Waals surface area contributed by atoms with Gasteiger partial charge in [0.1, 0.15) is 0 Å². The van der Waals surface area contributed by atoms with Crippen molar-refractivity contribution >= 4 is 11.0 Å². The summed E-state index contributed by atoms with van der Waals surface area (Å²) in [4.78, 5) is 32.2. The van der Waals surface area contributed by atoms with Crippen LogP contribution < -0.4 is 11.1 Å². The van der Waals surface area contributed by atoms with E-state index in [2.05, 4.69) is 9.97 Å². The monoisotopic (exact) mass is 459 g/mol. The largest absolute Gasteiger partial charge is 0.393 e. The molecule has 0 aliphatic carbocycles. The molecule has 1 atom stereocenters. The Balaban J connectivity index is 1.24. The molecule has 0 radical (unpaired) electrons. The van der Waals surface area contributed by atoms with Crippen molar-refractivity contribution in [2.24, 2.45) is 5.92 Å². The molecule has 0 saturated carbocycles. The second-order valence-corrected chi connectivity index (χ2v) is 9.66. The van der Waals surface area contributed by atoms with Crippen LogP contribution >= 0.6 is 0 Å². The number of rotatable bonds is 14. The van der Waals surface area contributed by atoms with Crippen LogP contribution in [0, 0.1) is 12.8 Å². The van der Waals surface area contributed by atoms with E-state index in [9.17, 15) is 14.7 Å². The van der Waals surface area contributed by atoms with Crippen LogP contribution in [0.1, 0.15) is 89.0 Å². The number of hydrogen-bond acceptors (Lipinski definition) is 5. The molecule has 0 amide bonds. The van der Waals surface area contributed by atoms with E-state index >= 15 is 0 Å². The molecule has 7 heteroatoms. The zero-order valence-electron chi connectivity index (χ0n) is 20.2. The number of ether oxygens (including phenoxy) is 1. The summed E-state index contributed by atoms with van der Waals surface area (Å²) in [5, 5.41) is 10.2. The predicted octanol–water partition coefficient (Wildman–Crippen LogP) is 4.47. The third kappa shape index (κ3) is 8.07. The smallest absolute Gasteiger partial charge is 0.281 e. The molecule has 0 bridgehead atoms. The van der Waals surface area contributed by atoms with Gasteiger partial charge in [-0.2, -0.15) is 0 Å². The van der Waals surface area contributed by atoms with E-state index in [0.717, 1.165) is 76.9 Å². The topological polar surface area (TPSA) is 97.2 Å². The molecule has 2 aromatic heterocycles. The summed E-state index contributed by atoms with van der Waals surface area (Å²) in [6.07, 6.45) is 15.4. The molecule has 7 nitrogen and oxygen atoms in total.